The van der Waals surface area contributed by atoms with Crippen LogP contribution in [-0.4, -0.2) is 40.1 Å². The van der Waals surface area contributed by atoms with Crippen LogP contribution in [0.5, 0.6) is 0 Å². The molecule has 0 radical (unpaired) electrons. The molecule has 0 bridgehead atoms. The van der Waals surface area contributed by atoms with Gasteiger partial charge in [0.15, 0.2) is 0 Å². The van der Waals surface area contributed by atoms with Crippen LogP contribution in [0.4, 0.5) is 10.2 Å². The number of aromatic nitrogens is 2. The van der Waals surface area contributed by atoms with Crippen LogP contribution in [0.2, 0.25) is 0 Å². The van der Waals surface area contributed by atoms with Crippen molar-refractivity contribution in [2.75, 3.05) is 18.9 Å². The van der Waals surface area contributed by atoms with Crippen LogP contribution in [0, 0.1) is 5.92 Å². The van der Waals surface area contributed by atoms with Gasteiger partial charge in [0.05, 0.1) is 23.8 Å². The number of carbonyl (C=O) groups excluding carboxylic acids is 2. The van der Waals surface area contributed by atoms with Gasteiger partial charge in [0.25, 0.3) is 5.91 Å². The van der Waals surface area contributed by atoms with E-state index in [2.05, 4.69) is 35.5 Å². The molecule has 1 atom stereocenters. The normalized spacial score (nSPS) is 14.7. The molecule has 1 saturated carbocycles. The predicted octanol–water partition coefficient (Wildman–Crippen LogP) is 6.06. The SMILES string of the molecule is CCc1nn(-c2ccccc2)cc1C(Nc1ccc(C(=O)N(C)CCC(=O)OF)cc1)C1CCCCC1. The average Bonchev–Trinajstić information content (AvgIpc) is 3.39. The molecular weight excluding hydrogens is 471 g/mol. The van der Waals surface area contributed by atoms with E-state index >= 15 is 0 Å². The molecule has 2 aromatic carbocycles. The fraction of sp³-hybridized carbons (Fsp3) is 0.414. The summed E-state index contributed by atoms with van der Waals surface area (Å²) in [4.78, 5) is 28.3. The van der Waals surface area contributed by atoms with Gasteiger partial charge in [-0.3, -0.25) is 9.74 Å². The Bertz CT molecular complexity index is 1170. The maximum atomic E-state index is 12.7. The summed E-state index contributed by atoms with van der Waals surface area (Å²) in [7, 11) is 1.58. The first-order valence-corrected chi connectivity index (χ1v) is 13.1. The highest BCUT2D eigenvalue weighted by Gasteiger charge is 2.29. The number of benzene rings is 2. The smallest absolute Gasteiger partial charge is 0.350 e. The molecule has 0 spiro atoms. The Kier molecular flexibility index (Phi) is 8.93. The van der Waals surface area contributed by atoms with Crippen molar-refractivity contribution in [1.29, 1.82) is 0 Å². The van der Waals surface area contributed by atoms with E-state index in [1.54, 1.807) is 19.2 Å². The van der Waals surface area contributed by atoms with Gasteiger partial charge >= 0.3 is 5.97 Å². The molecule has 1 aromatic heterocycles. The van der Waals surface area contributed by atoms with Gasteiger partial charge < -0.3 is 10.2 Å². The monoisotopic (exact) mass is 506 g/mol. The number of nitrogens with zero attached hydrogens (tertiary/aromatic N) is 3. The summed E-state index contributed by atoms with van der Waals surface area (Å²) in [6.45, 7) is 2.22. The van der Waals surface area contributed by atoms with Crippen molar-refractivity contribution in [3.05, 3.63) is 77.6 Å². The van der Waals surface area contributed by atoms with Crippen LogP contribution < -0.4 is 5.32 Å². The van der Waals surface area contributed by atoms with Crippen molar-refractivity contribution in [2.45, 2.75) is 57.9 Å². The third kappa shape index (κ3) is 6.56. The molecule has 1 fully saturated rings. The zero-order valence-corrected chi connectivity index (χ0v) is 21.5. The molecule has 0 saturated heterocycles. The second-order valence-electron chi connectivity index (χ2n) is 9.69. The van der Waals surface area contributed by atoms with Gasteiger partial charge in [-0.2, -0.15) is 5.10 Å². The Morgan fingerprint density at radius 3 is 2.46 bits per heavy atom. The lowest BCUT2D eigenvalue weighted by atomic mass is 9.81. The van der Waals surface area contributed by atoms with Crippen molar-refractivity contribution >= 4 is 17.6 Å². The summed E-state index contributed by atoms with van der Waals surface area (Å²) in [6.07, 6.45) is 8.88. The number of anilines is 1. The Morgan fingerprint density at radius 1 is 1.11 bits per heavy atom. The molecule has 0 aliphatic heterocycles. The second kappa shape index (κ2) is 12.5. The summed E-state index contributed by atoms with van der Waals surface area (Å²) >= 11 is 0. The number of nitrogens with one attached hydrogen (secondary N) is 1. The fourth-order valence-electron chi connectivity index (χ4n) is 5.10. The number of para-hydroxylation sites is 1. The summed E-state index contributed by atoms with van der Waals surface area (Å²) in [5, 5.41) is 8.69. The first kappa shape index (κ1) is 26.4. The van der Waals surface area contributed by atoms with Crippen LogP contribution in [-0.2, 0) is 16.2 Å². The van der Waals surface area contributed by atoms with E-state index < -0.39 is 5.97 Å². The molecular formula is C29H35FN4O3. The summed E-state index contributed by atoms with van der Waals surface area (Å²) < 4.78 is 13.9. The van der Waals surface area contributed by atoms with Gasteiger partial charge in [0.2, 0.25) is 0 Å². The minimum absolute atomic E-state index is 0.0799. The maximum absolute atomic E-state index is 12.7. The third-order valence-electron chi connectivity index (χ3n) is 7.17. The number of hydrogen-bond acceptors (Lipinski definition) is 5. The van der Waals surface area contributed by atoms with Crippen LogP contribution >= 0.6 is 0 Å². The molecule has 1 aliphatic carbocycles. The molecule has 196 valence electrons. The number of halogens is 1. The third-order valence-corrected chi connectivity index (χ3v) is 7.17. The Hall–Kier alpha value is -3.68. The number of aryl methyl sites for hydroxylation is 1. The predicted molar refractivity (Wildman–Crippen MR) is 141 cm³/mol. The van der Waals surface area contributed by atoms with Crippen molar-refractivity contribution in [3.8, 4) is 5.69 Å². The number of rotatable bonds is 10. The summed E-state index contributed by atoms with van der Waals surface area (Å²) in [6, 6.07) is 17.7. The molecule has 1 N–H and O–H groups in total. The lowest BCUT2D eigenvalue weighted by Crippen LogP contribution is -2.29. The summed E-state index contributed by atoms with van der Waals surface area (Å²) in [5.41, 5.74) is 4.79. The molecule has 8 heteroatoms. The highest BCUT2D eigenvalue weighted by molar-refractivity contribution is 5.94. The van der Waals surface area contributed by atoms with Crippen molar-refractivity contribution in [3.63, 3.8) is 0 Å². The highest BCUT2D eigenvalue weighted by Crippen LogP contribution is 2.38. The van der Waals surface area contributed by atoms with Gasteiger partial charge in [-0.25, -0.2) is 9.48 Å². The average molecular weight is 507 g/mol. The van der Waals surface area contributed by atoms with Gasteiger partial charge in [-0.05, 0) is 61.6 Å². The first-order valence-electron chi connectivity index (χ1n) is 13.1. The van der Waals surface area contributed by atoms with Crippen molar-refractivity contribution in [1.82, 2.24) is 14.7 Å². The Labute approximate surface area is 217 Å². The van der Waals surface area contributed by atoms with E-state index in [0.717, 1.165) is 23.5 Å². The quantitative estimate of drug-likeness (QED) is 0.362. The van der Waals surface area contributed by atoms with E-state index in [-0.39, 0.29) is 24.9 Å². The minimum Gasteiger partial charge on any atom is -0.378 e. The Balaban J connectivity index is 1.55. The first-order chi connectivity index (χ1) is 18.0. The van der Waals surface area contributed by atoms with Crippen LogP contribution in [0.1, 0.15) is 73.1 Å². The summed E-state index contributed by atoms with van der Waals surface area (Å²) in [5.74, 6) is -0.732. The largest absolute Gasteiger partial charge is 0.378 e. The van der Waals surface area contributed by atoms with Crippen LogP contribution in [0.25, 0.3) is 5.69 Å². The minimum atomic E-state index is -0.991. The van der Waals surface area contributed by atoms with E-state index in [1.165, 1.54) is 42.6 Å². The molecule has 1 heterocycles. The standard InChI is InChI=1S/C29H35FN4O3/c1-3-26-25(20-34(32-26)24-12-8-5-9-13-24)28(21-10-6-4-7-11-21)31-23-16-14-22(15-17-23)29(36)33(2)19-18-27(35)37-30/h5,8-9,12-17,20-21,28,31H,3-4,6-7,10-11,18-19H2,1-2H3. The lowest BCUT2D eigenvalue weighted by Gasteiger charge is -2.32. The van der Waals surface area contributed by atoms with Gasteiger partial charge in [-0.15, -0.1) is 0 Å². The number of amides is 1. The van der Waals surface area contributed by atoms with Crippen molar-refractivity contribution < 1.29 is 19.1 Å². The lowest BCUT2D eigenvalue weighted by molar-refractivity contribution is -0.183. The highest BCUT2D eigenvalue weighted by atomic mass is 19.3. The fourth-order valence-corrected chi connectivity index (χ4v) is 5.10. The van der Waals surface area contributed by atoms with E-state index in [1.807, 2.05) is 35.0 Å². The topological polar surface area (TPSA) is 76.5 Å². The van der Waals surface area contributed by atoms with E-state index in [4.69, 9.17) is 5.10 Å². The van der Waals surface area contributed by atoms with Gasteiger partial charge in [0, 0.05) is 41.1 Å². The number of hydrogen-bond donors (Lipinski definition) is 1. The molecule has 7 nitrogen and oxygen atoms in total. The molecule has 37 heavy (non-hydrogen) atoms. The van der Waals surface area contributed by atoms with Gasteiger partial charge in [-0.1, -0.05) is 44.4 Å². The van der Waals surface area contributed by atoms with Crippen LogP contribution in [0.3, 0.4) is 0 Å². The van der Waals surface area contributed by atoms with Gasteiger partial charge in [0.1, 0.15) is 0 Å². The molecule has 4 rings (SSSR count). The second-order valence-corrected chi connectivity index (χ2v) is 9.69. The number of carbonyl (C=O) groups is 2. The molecule has 1 aliphatic rings. The van der Waals surface area contributed by atoms with E-state index in [9.17, 15) is 14.1 Å². The van der Waals surface area contributed by atoms with Crippen molar-refractivity contribution in [2.24, 2.45) is 5.92 Å². The zero-order chi connectivity index (χ0) is 26.2. The maximum Gasteiger partial charge on any atom is 0.350 e. The molecule has 3 aromatic rings. The van der Waals surface area contributed by atoms with Crippen LogP contribution in [0.15, 0.2) is 60.8 Å². The Morgan fingerprint density at radius 2 is 1.81 bits per heavy atom. The molecule has 1 amide bonds. The van der Waals surface area contributed by atoms with E-state index in [0.29, 0.717) is 11.5 Å². The molecule has 1 unspecified atom stereocenters. The zero-order valence-electron chi connectivity index (χ0n) is 21.5.